The van der Waals surface area contributed by atoms with Crippen molar-refractivity contribution in [1.29, 1.82) is 0 Å². The highest BCUT2D eigenvalue weighted by molar-refractivity contribution is 5.98. The van der Waals surface area contributed by atoms with E-state index in [2.05, 4.69) is 39.8 Å². The lowest BCUT2D eigenvalue weighted by Gasteiger charge is -2.72. The largest absolute Gasteiger partial charge is 0.481 e. The Morgan fingerprint density at radius 3 is 2.29 bits per heavy atom. The quantitative estimate of drug-likeness (QED) is 0.0282. The van der Waals surface area contributed by atoms with Crippen molar-refractivity contribution >= 4 is 35.8 Å². The van der Waals surface area contributed by atoms with Gasteiger partial charge in [0.15, 0.2) is 0 Å². The predicted molar refractivity (Wildman–Crippen MR) is 211 cm³/mol. The number of carbonyl (C=O) groups is 6. The number of carbonyl (C=O) groups excluding carboxylic acids is 4. The third kappa shape index (κ3) is 8.31. The van der Waals surface area contributed by atoms with Crippen molar-refractivity contribution in [2.45, 2.75) is 169 Å². The molecule has 58 heavy (non-hydrogen) atoms. The van der Waals surface area contributed by atoms with Gasteiger partial charge in [-0.3, -0.25) is 28.8 Å². The van der Waals surface area contributed by atoms with Crippen LogP contribution in [0.3, 0.4) is 0 Å². The van der Waals surface area contributed by atoms with Crippen molar-refractivity contribution in [2.24, 2.45) is 69.5 Å². The second-order valence-electron chi connectivity index (χ2n) is 19.7. The molecule has 13 unspecified atom stereocenters. The normalized spacial score (nSPS) is 37.7. The average Bonchev–Trinajstić information content (AvgIpc) is 3.67. The first-order valence-corrected chi connectivity index (χ1v) is 22.5. The van der Waals surface area contributed by atoms with Crippen LogP contribution in [0.15, 0.2) is 12.2 Å². The summed E-state index contributed by atoms with van der Waals surface area (Å²) in [5.41, 5.74) is -2.07. The number of rotatable bonds is 21. The zero-order chi connectivity index (χ0) is 42.0. The summed E-state index contributed by atoms with van der Waals surface area (Å²) < 4.78 is 10.5. The molecule has 1 spiro atoms. The molecule has 13 atom stereocenters. The number of cyclic esters (lactones) is 4. The van der Waals surface area contributed by atoms with Crippen LogP contribution in [0.2, 0.25) is 0 Å². The predicted octanol–water partition coefficient (Wildman–Crippen LogP) is 8.63. The van der Waals surface area contributed by atoms with E-state index in [1.54, 1.807) is 0 Å². The van der Waals surface area contributed by atoms with Crippen molar-refractivity contribution in [1.82, 2.24) is 0 Å². The molecule has 7 rings (SSSR count). The average molecular weight is 813 g/mol. The number of fused-ring (bicyclic) bond motifs is 2. The first-order chi connectivity index (χ1) is 27.6. The van der Waals surface area contributed by atoms with Gasteiger partial charge in [-0.2, -0.15) is 0 Å². The number of allylic oxidation sites excluding steroid dienone is 2. The van der Waals surface area contributed by atoms with Gasteiger partial charge < -0.3 is 19.7 Å². The molecule has 0 aromatic heterocycles. The van der Waals surface area contributed by atoms with Crippen molar-refractivity contribution in [3.8, 4) is 0 Å². The number of carboxylic acid groups (broad SMARTS) is 2. The lowest BCUT2D eigenvalue weighted by molar-refractivity contribution is -0.419. The first kappa shape index (κ1) is 44.4. The number of unbranched alkanes of at least 4 members (excludes halogenated alkanes) is 6. The van der Waals surface area contributed by atoms with E-state index < -0.39 is 75.9 Å². The minimum absolute atomic E-state index is 0.0431. The SMILES string of the molecule is CCCC/C=C/C(CCC(CCCCCCCC(=O)O)OOC1C(C(C)C)C2CC3C4(C)CCCC(C)(C(=O)O)C4CCC13C1C(=O)OC(=O)C21)C1CC(=O)OC1=O. The van der Waals surface area contributed by atoms with Gasteiger partial charge in [-0.1, -0.05) is 84.8 Å². The molecule has 12 nitrogen and oxygen atoms in total. The summed E-state index contributed by atoms with van der Waals surface area (Å²) in [7, 11) is 0. The second kappa shape index (κ2) is 18.2. The fourth-order valence-electron chi connectivity index (χ4n) is 13.5. The lowest BCUT2D eigenvalue weighted by atomic mass is 9.31. The standard InChI is InChI=1S/C46H68O12/c1-6-7-8-12-16-28(30-26-35(49)55-40(30)50)19-20-29(17-13-10-9-11-14-18-34(47)48)57-58-39-36(27(2)3)31-25-33-44(4)22-15-23-45(5,43(53)54)32(44)21-24-46(33,39)38-37(31)41(51)56-42(38)52/h12,16,27-33,36-39H,6-11,13-15,17-26H2,1-5H3,(H,47,48)(H,53,54)/b16-12+. The molecule has 12 heteroatoms. The van der Waals surface area contributed by atoms with Crippen molar-refractivity contribution in [3.63, 3.8) is 0 Å². The summed E-state index contributed by atoms with van der Waals surface area (Å²) in [6.45, 7) is 10.5. The molecule has 2 aliphatic heterocycles. The number of hydrogen-bond donors (Lipinski definition) is 2. The maximum Gasteiger partial charge on any atom is 0.318 e. The van der Waals surface area contributed by atoms with Crippen LogP contribution in [0.4, 0.5) is 0 Å². The molecule has 0 radical (unpaired) electrons. The summed E-state index contributed by atoms with van der Waals surface area (Å²) in [5, 5.41) is 19.7. The van der Waals surface area contributed by atoms with Crippen LogP contribution in [-0.2, 0) is 48.0 Å². The van der Waals surface area contributed by atoms with Crippen LogP contribution in [-0.4, -0.2) is 58.2 Å². The summed E-state index contributed by atoms with van der Waals surface area (Å²) in [6.07, 6.45) is 16.2. The topological polar surface area (TPSA) is 180 Å². The minimum atomic E-state index is -0.891. The van der Waals surface area contributed by atoms with Crippen molar-refractivity contribution in [3.05, 3.63) is 12.2 Å². The van der Waals surface area contributed by atoms with Gasteiger partial charge in [0.05, 0.1) is 35.7 Å². The first-order valence-electron chi connectivity index (χ1n) is 22.5. The maximum absolute atomic E-state index is 14.0. The van der Waals surface area contributed by atoms with E-state index in [1.165, 1.54) is 0 Å². The summed E-state index contributed by atoms with van der Waals surface area (Å²) >= 11 is 0. The molecule has 324 valence electrons. The molecule has 2 bridgehead atoms. The third-order valence-electron chi connectivity index (χ3n) is 16.1. The van der Waals surface area contributed by atoms with Gasteiger partial charge in [-0.25, -0.2) is 9.78 Å². The van der Waals surface area contributed by atoms with Gasteiger partial charge in [-0.15, -0.1) is 0 Å². The van der Waals surface area contributed by atoms with E-state index in [0.29, 0.717) is 51.4 Å². The van der Waals surface area contributed by atoms with Gasteiger partial charge in [0.1, 0.15) is 6.10 Å². The van der Waals surface area contributed by atoms with Crippen LogP contribution < -0.4 is 0 Å². The van der Waals surface area contributed by atoms with Gasteiger partial charge >= 0.3 is 35.8 Å². The minimum Gasteiger partial charge on any atom is -0.481 e. The zero-order valence-electron chi connectivity index (χ0n) is 35.4. The number of aliphatic carboxylic acids is 2. The molecule has 2 saturated heterocycles. The number of carboxylic acids is 2. The Bertz CT molecular complexity index is 1590. The smallest absolute Gasteiger partial charge is 0.318 e. The van der Waals surface area contributed by atoms with Crippen LogP contribution in [0.1, 0.15) is 157 Å². The van der Waals surface area contributed by atoms with Crippen LogP contribution in [0, 0.1) is 69.5 Å². The van der Waals surface area contributed by atoms with Crippen LogP contribution in [0.25, 0.3) is 0 Å². The molecule has 0 aromatic carbocycles. The van der Waals surface area contributed by atoms with E-state index in [4.69, 9.17) is 24.4 Å². The zero-order valence-corrected chi connectivity index (χ0v) is 35.4. The molecule has 0 aromatic rings. The van der Waals surface area contributed by atoms with Crippen LogP contribution in [0.5, 0.6) is 0 Å². The summed E-state index contributed by atoms with van der Waals surface area (Å²) in [5.74, 6) is -5.90. The Labute approximate surface area is 343 Å². The van der Waals surface area contributed by atoms with Gasteiger partial charge in [0.2, 0.25) is 0 Å². The highest BCUT2D eigenvalue weighted by Gasteiger charge is 2.78. The Morgan fingerprint density at radius 1 is 0.879 bits per heavy atom. The molecular weight excluding hydrogens is 744 g/mol. The van der Waals surface area contributed by atoms with E-state index >= 15 is 0 Å². The summed E-state index contributed by atoms with van der Waals surface area (Å²) in [4.78, 5) is 90.0. The molecule has 0 amide bonds. The Hall–Kier alpha value is -3.12. The highest BCUT2D eigenvalue weighted by atomic mass is 17.2. The number of esters is 4. The highest BCUT2D eigenvalue weighted by Crippen LogP contribution is 2.76. The fraction of sp³-hybridized carbons (Fsp3) is 0.826. The molecule has 2 heterocycles. The number of ether oxygens (including phenoxy) is 2. The molecule has 7 fully saturated rings. The summed E-state index contributed by atoms with van der Waals surface area (Å²) in [6, 6.07) is 0. The maximum atomic E-state index is 14.0. The fourth-order valence-corrected chi connectivity index (χ4v) is 13.5. The molecule has 7 aliphatic rings. The van der Waals surface area contributed by atoms with Gasteiger partial charge in [0, 0.05) is 11.8 Å². The third-order valence-corrected chi connectivity index (χ3v) is 16.1. The number of hydrogen-bond acceptors (Lipinski definition) is 10. The van der Waals surface area contributed by atoms with E-state index in [9.17, 15) is 33.9 Å². The van der Waals surface area contributed by atoms with Crippen molar-refractivity contribution in [2.75, 3.05) is 0 Å². The van der Waals surface area contributed by atoms with Crippen molar-refractivity contribution < 1.29 is 58.2 Å². The second-order valence-corrected chi connectivity index (χ2v) is 19.7. The van der Waals surface area contributed by atoms with E-state index in [0.717, 1.165) is 57.8 Å². The molecule has 5 aliphatic carbocycles. The Morgan fingerprint density at radius 2 is 1.62 bits per heavy atom. The van der Waals surface area contributed by atoms with E-state index in [1.807, 2.05) is 6.92 Å². The monoisotopic (exact) mass is 812 g/mol. The molecule has 2 N–H and O–H groups in total. The Kier molecular flexibility index (Phi) is 14.0. The Balaban J connectivity index is 1.29. The molecular formula is C46H68O12. The molecule has 5 saturated carbocycles. The van der Waals surface area contributed by atoms with Crippen LogP contribution >= 0.6 is 0 Å². The lowest BCUT2D eigenvalue weighted by Crippen LogP contribution is -2.73. The van der Waals surface area contributed by atoms with Gasteiger partial charge in [-0.05, 0) is 112 Å². The van der Waals surface area contributed by atoms with Gasteiger partial charge in [0.25, 0.3) is 0 Å². The van der Waals surface area contributed by atoms with E-state index in [-0.39, 0.29) is 54.5 Å².